The molecule has 1 aliphatic heterocycles. The number of aliphatic hydroxyl groups excluding tert-OH is 2. The first-order chi connectivity index (χ1) is 13.6. The summed E-state index contributed by atoms with van der Waals surface area (Å²) in [6, 6.07) is 9.11. The van der Waals surface area contributed by atoms with Crippen molar-refractivity contribution in [3.05, 3.63) is 35.4 Å². The largest absolute Gasteiger partial charge is 0.393 e. The fraction of sp³-hybridized carbons (Fsp3) is 0.682. The van der Waals surface area contributed by atoms with Crippen molar-refractivity contribution in [3.63, 3.8) is 0 Å². The van der Waals surface area contributed by atoms with Gasteiger partial charge in [-0.15, -0.1) is 0 Å². The molecule has 1 aliphatic carbocycles. The average molecular weight is 389 g/mol. The molecule has 28 heavy (non-hydrogen) atoms. The number of piperidine rings is 1. The van der Waals surface area contributed by atoms with Crippen LogP contribution in [0.4, 0.5) is 0 Å². The van der Waals surface area contributed by atoms with Gasteiger partial charge in [0.1, 0.15) is 0 Å². The highest BCUT2D eigenvalue weighted by molar-refractivity contribution is 5.80. The summed E-state index contributed by atoms with van der Waals surface area (Å²) < 4.78 is 0. The Hall–Kier alpha value is -1.63. The molecule has 156 valence electrons. The maximum absolute atomic E-state index is 9.67. The van der Waals surface area contributed by atoms with Gasteiger partial charge in [0.15, 0.2) is 5.96 Å². The second-order valence-corrected chi connectivity index (χ2v) is 8.17. The van der Waals surface area contributed by atoms with E-state index >= 15 is 0 Å². The lowest BCUT2D eigenvalue weighted by atomic mass is 9.93. The van der Waals surface area contributed by atoms with E-state index in [1.54, 1.807) is 0 Å². The molecule has 2 aliphatic rings. The van der Waals surface area contributed by atoms with E-state index in [4.69, 9.17) is 4.99 Å². The molecule has 0 atom stereocenters. The molecular weight excluding hydrogens is 352 g/mol. The van der Waals surface area contributed by atoms with E-state index in [0.29, 0.717) is 12.6 Å². The average Bonchev–Trinajstić information content (AvgIpc) is 2.71. The fourth-order valence-corrected chi connectivity index (χ4v) is 3.99. The van der Waals surface area contributed by atoms with Crippen LogP contribution in [0, 0.1) is 0 Å². The molecule has 6 heteroatoms. The van der Waals surface area contributed by atoms with E-state index in [2.05, 4.69) is 46.7 Å². The zero-order valence-electron chi connectivity index (χ0n) is 17.1. The van der Waals surface area contributed by atoms with Crippen LogP contribution in [0.2, 0.25) is 0 Å². The molecule has 2 fully saturated rings. The first-order valence-electron chi connectivity index (χ1n) is 10.8. The van der Waals surface area contributed by atoms with E-state index in [1.807, 2.05) is 0 Å². The number of likely N-dealkylation sites (tertiary alicyclic amines) is 1. The van der Waals surface area contributed by atoms with Gasteiger partial charge >= 0.3 is 0 Å². The minimum atomic E-state index is -0.133. The van der Waals surface area contributed by atoms with Gasteiger partial charge in [-0.05, 0) is 56.6 Å². The number of hydrogen-bond acceptors (Lipinski definition) is 4. The quantitative estimate of drug-likeness (QED) is 0.443. The van der Waals surface area contributed by atoms with Gasteiger partial charge < -0.3 is 20.8 Å². The summed E-state index contributed by atoms with van der Waals surface area (Å²) in [4.78, 5) is 7.16. The molecule has 1 saturated carbocycles. The smallest absolute Gasteiger partial charge is 0.191 e. The number of nitrogens with one attached hydrogen (secondary N) is 2. The molecule has 1 aromatic carbocycles. The molecule has 1 aromatic rings. The van der Waals surface area contributed by atoms with Crippen LogP contribution in [-0.2, 0) is 13.1 Å². The molecule has 6 nitrogen and oxygen atoms in total. The molecule has 4 N–H and O–H groups in total. The summed E-state index contributed by atoms with van der Waals surface area (Å²) in [7, 11) is 0. The molecule has 0 bridgehead atoms. The van der Waals surface area contributed by atoms with Crippen LogP contribution in [-0.4, -0.2) is 59.0 Å². The highest BCUT2D eigenvalue weighted by atomic mass is 16.3. The maximum Gasteiger partial charge on any atom is 0.191 e. The number of benzene rings is 1. The van der Waals surface area contributed by atoms with Crippen molar-refractivity contribution < 1.29 is 10.2 Å². The number of aliphatic imine (C=N–C) groups is 1. The van der Waals surface area contributed by atoms with Gasteiger partial charge in [0.2, 0.25) is 0 Å². The molecule has 1 heterocycles. The Balaban J connectivity index is 1.49. The third-order valence-corrected chi connectivity index (χ3v) is 5.79. The first kappa shape index (κ1) is 21.1. The lowest BCUT2D eigenvalue weighted by Gasteiger charge is -2.29. The summed E-state index contributed by atoms with van der Waals surface area (Å²) in [5, 5.41) is 26.1. The summed E-state index contributed by atoms with van der Waals surface area (Å²) >= 11 is 0. The van der Waals surface area contributed by atoms with Gasteiger partial charge in [-0.3, -0.25) is 4.90 Å². The Morgan fingerprint density at radius 2 is 1.57 bits per heavy atom. The fourth-order valence-electron chi connectivity index (χ4n) is 3.99. The Bertz CT molecular complexity index is 603. The zero-order valence-corrected chi connectivity index (χ0v) is 17.1. The molecule has 0 aromatic heterocycles. The Morgan fingerprint density at radius 1 is 0.964 bits per heavy atom. The van der Waals surface area contributed by atoms with Crippen molar-refractivity contribution in [2.45, 2.75) is 76.8 Å². The summed E-state index contributed by atoms with van der Waals surface area (Å²) in [6.07, 6.45) is 5.24. The van der Waals surface area contributed by atoms with Crippen LogP contribution < -0.4 is 10.6 Å². The Labute approximate surface area is 169 Å². The van der Waals surface area contributed by atoms with Crippen molar-refractivity contribution in [2.75, 3.05) is 19.6 Å². The van der Waals surface area contributed by atoms with Crippen LogP contribution >= 0.6 is 0 Å². The van der Waals surface area contributed by atoms with Crippen LogP contribution in [0.1, 0.15) is 56.6 Å². The van der Waals surface area contributed by atoms with Crippen molar-refractivity contribution in [3.8, 4) is 0 Å². The van der Waals surface area contributed by atoms with Crippen molar-refractivity contribution in [2.24, 2.45) is 4.99 Å². The normalized spacial score (nSPS) is 24.9. The monoisotopic (exact) mass is 388 g/mol. The standard InChI is InChI=1S/C22H36N4O2/c1-2-23-22(25-19-7-9-20(27)10-8-19)24-15-17-3-5-18(6-4-17)16-26-13-11-21(28)12-14-26/h3-6,19-21,27-28H,2,7-16H2,1H3,(H2,23,24,25). The number of guanidine groups is 1. The number of hydrogen-bond donors (Lipinski definition) is 4. The lowest BCUT2D eigenvalue weighted by molar-refractivity contribution is 0.0792. The summed E-state index contributed by atoms with van der Waals surface area (Å²) in [5.41, 5.74) is 2.52. The summed E-state index contributed by atoms with van der Waals surface area (Å²) in [6.45, 7) is 6.47. The SMILES string of the molecule is CCNC(=NCc1ccc(CN2CCC(O)CC2)cc1)NC1CCC(O)CC1. The van der Waals surface area contributed by atoms with E-state index < -0.39 is 0 Å². The molecule has 0 unspecified atom stereocenters. The predicted molar refractivity (Wildman–Crippen MR) is 113 cm³/mol. The van der Waals surface area contributed by atoms with Gasteiger partial charge in [0.05, 0.1) is 18.8 Å². The third kappa shape index (κ3) is 6.76. The second kappa shape index (κ2) is 10.8. The van der Waals surface area contributed by atoms with Gasteiger partial charge in [0, 0.05) is 32.2 Å². The zero-order chi connectivity index (χ0) is 19.8. The molecule has 0 amide bonds. The van der Waals surface area contributed by atoms with E-state index in [0.717, 1.165) is 70.7 Å². The minimum Gasteiger partial charge on any atom is -0.393 e. The Morgan fingerprint density at radius 3 is 2.21 bits per heavy atom. The van der Waals surface area contributed by atoms with E-state index in [-0.39, 0.29) is 12.2 Å². The van der Waals surface area contributed by atoms with Crippen LogP contribution in [0.15, 0.2) is 29.3 Å². The number of aliphatic hydroxyl groups is 2. The molecule has 3 rings (SSSR count). The van der Waals surface area contributed by atoms with Crippen LogP contribution in [0.25, 0.3) is 0 Å². The first-order valence-corrected chi connectivity index (χ1v) is 10.8. The van der Waals surface area contributed by atoms with Crippen molar-refractivity contribution >= 4 is 5.96 Å². The third-order valence-electron chi connectivity index (χ3n) is 5.79. The van der Waals surface area contributed by atoms with Gasteiger partial charge in [0.25, 0.3) is 0 Å². The number of nitrogens with zero attached hydrogens (tertiary/aromatic N) is 2. The highest BCUT2D eigenvalue weighted by Crippen LogP contribution is 2.18. The van der Waals surface area contributed by atoms with Gasteiger partial charge in [-0.2, -0.15) is 0 Å². The van der Waals surface area contributed by atoms with E-state index in [1.165, 1.54) is 11.1 Å². The highest BCUT2D eigenvalue weighted by Gasteiger charge is 2.20. The van der Waals surface area contributed by atoms with Crippen molar-refractivity contribution in [1.82, 2.24) is 15.5 Å². The molecular formula is C22H36N4O2. The minimum absolute atomic E-state index is 0.116. The maximum atomic E-state index is 9.67. The second-order valence-electron chi connectivity index (χ2n) is 8.17. The van der Waals surface area contributed by atoms with Gasteiger partial charge in [-0.1, -0.05) is 24.3 Å². The molecule has 0 radical (unpaired) electrons. The number of rotatable bonds is 6. The van der Waals surface area contributed by atoms with E-state index in [9.17, 15) is 10.2 Å². The molecule has 1 saturated heterocycles. The van der Waals surface area contributed by atoms with Crippen molar-refractivity contribution in [1.29, 1.82) is 0 Å². The molecule has 0 spiro atoms. The Kier molecular flexibility index (Phi) is 8.13. The van der Waals surface area contributed by atoms with Gasteiger partial charge in [-0.25, -0.2) is 4.99 Å². The lowest BCUT2D eigenvalue weighted by Crippen LogP contribution is -2.45. The predicted octanol–water partition coefficient (Wildman–Crippen LogP) is 2.00. The summed E-state index contributed by atoms with van der Waals surface area (Å²) in [5.74, 6) is 0.861. The topological polar surface area (TPSA) is 80.1 Å². The van der Waals surface area contributed by atoms with Crippen LogP contribution in [0.3, 0.4) is 0 Å². The van der Waals surface area contributed by atoms with Crippen LogP contribution in [0.5, 0.6) is 0 Å².